The van der Waals surface area contributed by atoms with E-state index in [4.69, 9.17) is 14.6 Å². The molecule has 0 fully saturated rings. The number of carbonyl (C=O) groups excluding carboxylic acids is 1. The second-order valence-corrected chi connectivity index (χ2v) is 2.91. The highest BCUT2D eigenvalue weighted by molar-refractivity contribution is 5.91. The molecule has 0 aliphatic rings. The zero-order valence-electron chi connectivity index (χ0n) is 9.05. The zero-order valence-corrected chi connectivity index (χ0v) is 9.05. The van der Waals surface area contributed by atoms with Crippen molar-refractivity contribution in [1.29, 1.82) is 0 Å². The Hall–Kier alpha value is -1.81. The van der Waals surface area contributed by atoms with Crippen LogP contribution in [0.25, 0.3) is 6.08 Å². The maximum Gasteiger partial charge on any atom is 0.373 e. The molecule has 1 N–H and O–H groups in total. The van der Waals surface area contributed by atoms with E-state index in [9.17, 15) is 4.79 Å². The minimum absolute atomic E-state index is 0.00412. The van der Waals surface area contributed by atoms with Gasteiger partial charge in [-0.1, -0.05) is 30.3 Å². The van der Waals surface area contributed by atoms with E-state index >= 15 is 0 Å². The quantitative estimate of drug-likeness (QED) is 0.355. The summed E-state index contributed by atoms with van der Waals surface area (Å²) in [6, 6.07) is 9.19. The predicted molar refractivity (Wildman–Crippen MR) is 59.2 cm³/mol. The first-order valence-corrected chi connectivity index (χ1v) is 4.95. The van der Waals surface area contributed by atoms with Gasteiger partial charge in [0.1, 0.15) is 0 Å². The summed E-state index contributed by atoms with van der Waals surface area (Å²) in [6.45, 7) is 1.41. The van der Waals surface area contributed by atoms with Crippen LogP contribution in [0.15, 0.2) is 36.1 Å². The van der Waals surface area contributed by atoms with Crippen molar-refractivity contribution in [2.24, 2.45) is 0 Å². The van der Waals surface area contributed by atoms with E-state index in [-0.39, 0.29) is 12.4 Å². The van der Waals surface area contributed by atoms with Crippen LogP contribution in [0.4, 0.5) is 0 Å². The topological polar surface area (TPSA) is 55.8 Å². The first-order chi connectivity index (χ1) is 7.77. The van der Waals surface area contributed by atoms with Crippen molar-refractivity contribution in [3.8, 4) is 0 Å². The van der Waals surface area contributed by atoms with Crippen LogP contribution in [0.2, 0.25) is 0 Å². The van der Waals surface area contributed by atoms with Gasteiger partial charge >= 0.3 is 5.97 Å². The van der Waals surface area contributed by atoms with Gasteiger partial charge in [0.2, 0.25) is 5.76 Å². The van der Waals surface area contributed by atoms with Crippen LogP contribution in [-0.2, 0) is 14.3 Å². The van der Waals surface area contributed by atoms with Gasteiger partial charge in [-0.2, -0.15) is 0 Å². The number of hydrogen-bond donors (Lipinski definition) is 1. The van der Waals surface area contributed by atoms with E-state index in [2.05, 4.69) is 0 Å². The molecule has 86 valence electrons. The van der Waals surface area contributed by atoms with Gasteiger partial charge in [0.05, 0.1) is 6.61 Å². The number of aliphatic hydroxyl groups is 1. The fourth-order valence-corrected chi connectivity index (χ4v) is 1.13. The Morgan fingerprint density at radius 2 is 2.00 bits per heavy atom. The van der Waals surface area contributed by atoms with Gasteiger partial charge in [-0.15, -0.1) is 0 Å². The standard InChI is InChI=1S/C12H14O4/c1-2-15-12(14)11(16-9-13)8-10-6-4-3-5-7-10/h3-8,13H,2,9H2,1H3. The SMILES string of the molecule is CCOC(=O)C(=Cc1ccccc1)OCO. The van der Waals surface area contributed by atoms with Crippen molar-refractivity contribution in [2.45, 2.75) is 6.92 Å². The van der Waals surface area contributed by atoms with Crippen molar-refractivity contribution in [2.75, 3.05) is 13.4 Å². The molecule has 0 bridgehead atoms. The predicted octanol–water partition coefficient (Wildman–Crippen LogP) is 1.56. The van der Waals surface area contributed by atoms with Crippen LogP contribution >= 0.6 is 0 Å². The highest BCUT2D eigenvalue weighted by atomic mass is 16.6. The monoisotopic (exact) mass is 222 g/mol. The summed E-state index contributed by atoms with van der Waals surface area (Å²) >= 11 is 0. The fourth-order valence-electron chi connectivity index (χ4n) is 1.13. The lowest BCUT2D eigenvalue weighted by Crippen LogP contribution is -2.11. The van der Waals surface area contributed by atoms with Gasteiger partial charge in [0, 0.05) is 0 Å². The van der Waals surface area contributed by atoms with Crippen LogP contribution in [0.5, 0.6) is 0 Å². The average molecular weight is 222 g/mol. The van der Waals surface area contributed by atoms with E-state index in [1.54, 1.807) is 6.92 Å². The Labute approximate surface area is 94.1 Å². The third-order valence-electron chi connectivity index (χ3n) is 1.79. The van der Waals surface area contributed by atoms with E-state index in [0.717, 1.165) is 5.56 Å². The Kier molecular flexibility index (Phi) is 5.08. The summed E-state index contributed by atoms with van der Waals surface area (Å²) in [4.78, 5) is 11.4. The average Bonchev–Trinajstić information content (AvgIpc) is 2.30. The lowest BCUT2D eigenvalue weighted by Gasteiger charge is -2.06. The highest BCUT2D eigenvalue weighted by Crippen LogP contribution is 2.09. The van der Waals surface area contributed by atoms with Gasteiger partial charge in [0.15, 0.2) is 6.79 Å². The Balaban J connectivity index is 2.84. The molecule has 0 aliphatic heterocycles. The van der Waals surface area contributed by atoms with Crippen molar-refractivity contribution in [1.82, 2.24) is 0 Å². The highest BCUT2D eigenvalue weighted by Gasteiger charge is 2.11. The van der Waals surface area contributed by atoms with Crippen molar-refractivity contribution < 1.29 is 19.4 Å². The maximum atomic E-state index is 11.4. The molecule has 4 heteroatoms. The molecule has 1 aromatic rings. The third-order valence-corrected chi connectivity index (χ3v) is 1.79. The molecule has 0 saturated carbocycles. The molecule has 0 radical (unpaired) electrons. The molecule has 16 heavy (non-hydrogen) atoms. The summed E-state index contributed by atoms with van der Waals surface area (Å²) in [5, 5.41) is 8.66. The Morgan fingerprint density at radius 1 is 1.31 bits per heavy atom. The van der Waals surface area contributed by atoms with Gasteiger partial charge in [0.25, 0.3) is 0 Å². The minimum atomic E-state index is -0.583. The summed E-state index contributed by atoms with van der Waals surface area (Å²) in [5.41, 5.74) is 0.805. The second kappa shape index (κ2) is 6.63. The lowest BCUT2D eigenvalue weighted by atomic mass is 10.2. The number of ether oxygens (including phenoxy) is 2. The van der Waals surface area contributed by atoms with E-state index in [1.165, 1.54) is 6.08 Å². The van der Waals surface area contributed by atoms with E-state index in [0.29, 0.717) is 0 Å². The number of rotatable bonds is 5. The molecular formula is C12H14O4. The molecule has 0 amide bonds. The molecule has 1 aromatic carbocycles. The lowest BCUT2D eigenvalue weighted by molar-refractivity contribution is -0.144. The fraction of sp³-hybridized carbons (Fsp3) is 0.250. The summed E-state index contributed by atoms with van der Waals surface area (Å²) in [6.07, 6.45) is 1.52. The Bertz CT molecular complexity index is 357. The largest absolute Gasteiger partial charge is 0.460 e. The molecule has 1 rings (SSSR count). The smallest absolute Gasteiger partial charge is 0.373 e. The first-order valence-electron chi connectivity index (χ1n) is 4.95. The van der Waals surface area contributed by atoms with Crippen LogP contribution in [0.3, 0.4) is 0 Å². The molecule has 0 spiro atoms. The molecule has 0 atom stereocenters. The van der Waals surface area contributed by atoms with Gasteiger partial charge in [-0.05, 0) is 18.6 Å². The number of carbonyl (C=O) groups is 1. The second-order valence-electron chi connectivity index (χ2n) is 2.91. The summed E-state index contributed by atoms with van der Waals surface area (Å²) in [7, 11) is 0. The molecule has 0 aromatic heterocycles. The number of aliphatic hydroxyl groups excluding tert-OH is 1. The van der Waals surface area contributed by atoms with Crippen molar-refractivity contribution >= 4 is 12.0 Å². The number of esters is 1. The molecule has 0 heterocycles. The summed E-state index contributed by atoms with van der Waals surface area (Å²) < 4.78 is 9.59. The molecule has 4 nitrogen and oxygen atoms in total. The van der Waals surface area contributed by atoms with Crippen molar-refractivity contribution in [3.63, 3.8) is 0 Å². The third kappa shape index (κ3) is 3.74. The van der Waals surface area contributed by atoms with Crippen LogP contribution in [0, 0.1) is 0 Å². The molecular weight excluding hydrogens is 208 g/mol. The zero-order chi connectivity index (χ0) is 11.8. The van der Waals surface area contributed by atoms with Crippen LogP contribution in [0.1, 0.15) is 12.5 Å². The number of benzene rings is 1. The Morgan fingerprint density at radius 3 is 2.56 bits per heavy atom. The first kappa shape index (κ1) is 12.3. The van der Waals surface area contributed by atoms with Crippen molar-refractivity contribution in [3.05, 3.63) is 41.7 Å². The molecule has 0 saturated heterocycles. The molecule has 0 aliphatic carbocycles. The molecule has 0 unspecified atom stereocenters. The summed E-state index contributed by atoms with van der Waals surface area (Å²) in [5.74, 6) is -0.587. The van der Waals surface area contributed by atoms with Gasteiger partial charge in [-0.25, -0.2) is 4.79 Å². The minimum Gasteiger partial charge on any atom is -0.460 e. The normalized spacial score (nSPS) is 11.0. The van der Waals surface area contributed by atoms with Gasteiger partial charge < -0.3 is 14.6 Å². The number of hydrogen-bond acceptors (Lipinski definition) is 4. The van der Waals surface area contributed by atoms with Crippen LogP contribution < -0.4 is 0 Å². The van der Waals surface area contributed by atoms with Crippen LogP contribution in [-0.4, -0.2) is 24.5 Å². The van der Waals surface area contributed by atoms with E-state index < -0.39 is 12.8 Å². The maximum absolute atomic E-state index is 11.4. The van der Waals surface area contributed by atoms with Gasteiger partial charge in [-0.3, -0.25) is 0 Å². The van der Waals surface area contributed by atoms with E-state index in [1.807, 2.05) is 30.3 Å².